The predicted octanol–water partition coefficient (Wildman–Crippen LogP) is 3.67. The molecule has 0 aromatic heterocycles. The maximum absolute atomic E-state index is 13.9. The fraction of sp³-hybridized carbons (Fsp3) is 0.316. The van der Waals surface area contributed by atoms with E-state index in [1.807, 2.05) is 6.92 Å². The molecule has 2 aromatic rings. The number of fused-ring (bicyclic) bond motifs is 1. The molecule has 0 amide bonds. The first-order chi connectivity index (χ1) is 12.1. The molecule has 0 aliphatic carbocycles. The van der Waals surface area contributed by atoms with Crippen LogP contribution in [0.15, 0.2) is 36.4 Å². The third-order valence-electron chi connectivity index (χ3n) is 5.70. The molecule has 1 aliphatic rings. The van der Waals surface area contributed by atoms with Gasteiger partial charge in [0.05, 0.1) is 11.0 Å². The number of nitro benzene ring substituents is 1. The minimum absolute atomic E-state index is 0.0929. The second kappa shape index (κ2) is 5.70. The van der Waals surface area contributed by atoms with Gasteiger partial charge < -0.3 is 10.0 Å². The van der Waals surface area contributed by atoms with Crippen molar-refractivity contribution in [2.24, 2.45) is 0 Å². The molecule has 0 fully saturated rings. The van der Waals surface area contributed by atoms with Crippen LogP contribution in [0.1, 0.15) is 25.0 Å². The Balaban J connectivity index is 2.20. The van der Waals surface area contributed by atoms with Gasteiger partial charge in [0, 0.05) is 35.8 Å². The molecule has 2 atom stereocenters. The van der Waals surface area contributed by atoms with Crippen LogP contribution in [0.3, 0.4) is 0 Å². The molecule has 0 saturated carbocycles. The van der Waals surface area contributed by atoms with Crippen LogP contribution in [0.2, 0.25) is 0 Å². The molecular formula is C19H18FN3O3. The molecule has 0 spiro atoms. The molecule has 0 bridgehead atoms. The number of nitro groups is 1. The maximum Gasteiger partial charge on any atom is 0.269 e. The normalized spacial score (nSPS) is 24.2. The van der Waals surface area contributed by atoms with E-state index in [0.29, 0.717) is 11.1 Å². The molecule has 0 saturated heterocycles. The molecule has 2 unspecified atom stereocenters. The predicted molar refractivity (Wildman–Crippen MR) is 94.6 cm³/mol. The van der Waals surface area contributed by atoms with Crippen molar-refractivity contribution in [1.29, 1.82) is 5.26 Å². The number of hydrogen-bond acceptors (Lipinski definition) is 5. The molecule has 6 nitrogen and oxygen atoms in total. The van der Waals surface area contributed by atoms with Gasteiger partial charge in [0.1, 0.15) is 17.1 Å². The van der Waals surface area contributed by atoms with E-state index in [2.05, 4.69) is 6.07 Å². The van der Waals surface area contributed by atoms with Crippen LogP contribution in [-0.4, -0.2) is 22.6 Å². The summed E-state index contributed by atoms with van der Waals surface area (Å²) in [6.07, 6.45) is 0.144. The lowest BCUT2D eigenvalue weighted by atomic mass is 9.67. The highest BCUT2D eigenvalue weighted by Gasteiger charge is 2.56. The van der Waals surface area contributed by atoms with Crippen LogP contribution in [0.4, 0.5) is 15.8 Å². The van der Waals surface area contributed by atoms with Crippen molar-refractivity contribution in [3.05, 3.63) is 63.5 Å². The second-order valence-corrected chi connectivity index (χ2v) is 6.98. The first-order valence-electron chi connectivity index (χ1n) is 8.05. The summed E-state index contributed by atoms with van der Waals surface area (Å²) in [5.41, 5.74) is -0.363. The number of nitrogens with zero attached hydrogens (tertiary/aromatic N) is 3. The zero-order valence-corrected chi connectivity index (χ0v) is 14.7. The molecule has 2 aromatic carbocycles. The highest BCUT2D eigenvalue weighted by molar-refractivity contribution is 5.69. The van der Waals surface area contributed by atoms with Gasteiger partial charge in [-0.3, -0.25) is 10.1 Å². The van der Waals surface area contributed by atoms with Crippen molar-refractivity contribution in [3.63, 3.8) is 0 Å². The van der Waals surface area contributed by atoms with Crippen LogP contribution in [0, 0.1) is 27.3 Å². The third-order valence-corrected chi connectivity index (χ3v) is 5.70. The second-order valence-electron chi connectivity index (χ2n) is 6.98. The van der Waals surface area contributed by atoms with E-state index in [-0.39, 0.29) is 17.9 Å². The molecule has 1 aliphatic heterocycles. The van der Waals surface area contributed by atoms with E-state index in [9.17, 15) is 24.9 Å². The fourth-order valence-corrected chi connectivity index (χ4v) is 3.79. The summed E-state index contributed by atoms with van der Waals surface area (Å²) in [6.45, 7) is 3.57. The molecule has 3 rings (SSSR count). The number of anilines is 1. The van der Waals surface area contributed by atoms with Gasteiger partial charge in [0.15, 0.2) is 0 Å². The number of non-ortho nitro benzene ring substituents is 1. The minimum atomic E-state index is -1.03. The van der Waals surface area contributed by atoms with E-state index < -0.39 is 21.7 Å². The lowest BCUT2D eigenvalue weighted by Gasteiger charge is -2.40. The van der Waals surface area contributed by atoms with Gasteiger partial charge >= 0.3 is 0 Å². The molecule has 1 heterocycles. The van der Waals surface area contributed by atoms with E-state index in [4.69, 9.17) is 0 Å². The largest absolute Gasteiger partial charge is 0.508 e. The summed E-state index contributed by atoms with van der Waals surface area (Å²) < 4.78 is 13.9. The molecule has 1 N–H and O–H groups in total. The Labute approximate surface area is 150 Å². The Morgan fingerprint density at radius 3 is 2.62 bits per heavy atom. The van der Waals surface area contributed by atoms with Crippen LogP contribution >= 0.6 is 0 Å². The summed E-state index contributed by atoms with van der Waals surface area (Å²) in [5.74, 6) is -0.515. The SMILES string of the molecule is CN1c2ccc(F)cc2C(C)(Cc2cc([N+](=O)[O-])ccc2O)C1(C)C#N. The highest BCUT2D eigenvalue weighted by Crippen LogP contribution is 2.53. The third kappa shape index (κ3) is 2.30. The summed E-state index contributed by atoms with van der Waals surface area (Å²) in [4.78, 5) is 12.3. The Kier molecular flexibility index (Phi) is 3.87. The van der Waals surface area contributed by atoms with Crippen LogP contribution < -0.4 is 4.90 Å². The number of likely N-dealkylation sites (N-methyl/N-ethyl adjacent to an activating group) is 1. The Morgan fingerprint density at radius 2 is 2.00 bits per heavy atom. The number of phenolic OH excluding ortho intramolecular Hbond substituents is 1. The van der Waals surface area contributed by atoms with E-state index in [1.165, 1.54) is 30.3 Å². The van der Waals surface area contributed by atoms with Crippen LogP contribution in [-0.2, 0) is 11.8 Å². The van der Waals surface area contributed by atoms with Crippen molar-refractivity contribution < 1.29 is 14.4 Å². The zero-order valence-electron chi connectivity index (χ0n) is 14.7. The standard InChI is InChI=1S/C19H18FN3O3/c1-18(10-12-8-14(23(25)26)5-7-17(12)24)15-9-13(20)4-6-16(15)22(3)19(18,2)11-21/h4-9,24H,10H2,1-3H3. The van der Waals surface area contributed by atoms with Crippen LogP contribution in [0.25, 0.3) is 0 Å². The minimum Gasteiger partial charge on any atom is -0.508 e. The van der Waals surface area contributed by atoms with Gasteiger partial charge in [-0.25, -0.2) is 4.39 Å². The molecule has 134 valence electrons. The van der Waals surface area contributed by atoms with Crippen molar-refractivity contribution in [2.75, 3.05) is 11.9 Å². The number of phenols is 1. The van der Waals surface area contributed by atoms with Crippen molar-refractivity contribution in [1.82, 2.24) is 0 Å². The maximum atomic E-state index is 13.9. The van der Waals surface area contributed by atoms with Gasteiger partial charge in [-0.1, -0.05) is 6.92 Å². The first-order valence-corrected chi connectivity index (χ1v) is 8.05. The van der Waals surface area contributed by atoms with E-state index >= 15 is 0 Å². The van der Waals surface area contributed by atoms with Gasteiger partial charge in [-0.2, -0.15) is 5.26 Å². The van der Waals surface area contributed by atoms with E-state index in [0.717, 1.165) is 5.69 Å². The van der Waals surface area contributed by atoms with Crippen LogP contribution in [0.5, 0.6) is 5.75 Å². The summed E-state index contributed by atoms with van der Waals surface area (Å²) >= 11 is 0. The molecule has 0 radical (unpaired) electrons. The van der Waals surface area contributed by atoms with Gasteiger partial charge in [0.25, 0.3) is 5.69 Å². The fourth-order valence-electron chi connectivity index (χ4n) is 3.79. The Bertz CT molecular complexity index is 956. The monoisotopic (exact) mass is 355 g/mol. The number of benzene rings is 2. The lowest BCUT2D eigenvalue weighted by molar-refractivity contribution is -0.384. The van der Waals surface area contributed by atoms with E-state index in [1.54, 1.807) is 24.9 Å². The van der Waals surface area contributed by atoms with Crippen molar-refractivity contribution in [2.45, 2.75) is 31.2 Å². The van der Waals surface area contributed by atoms with Gasteiger partial charge in [-0.15, -0.1) is 0 Å². The Hall–Kier alpha value is -3.14. The average molecular weight is 355 g/mol. The topological polar surface area (TPSA) is 90.4 Å². The summed E-state index contributed by atoms with van der Waals surface area (Å²) in [7, 11) is 1.76. The quantitative estimate of drug-likeness (QED) is 0.670. The lowest BCUT2D eigenvalue weighted by Crippen LogP contribution is -2.53. The Morgan fingerprint density at radius 1 is 1.31 bits per heavy atom. The summed E-state index contributed by atoms with van der Waals surface area (Å²) in [6, 6.07) is 10.5. The van der Waals surface area contributed by atoms with Gasteiger partial charge in [-0.05, 0) is 43.2 Å². The molecule has 7 heteroatoms. The number of hydrogen-bond donors (Lipinski definition) is 1. The molecular weight excluding hydrogens is 337 g/mol. The van der Waals surface area contributed by atoms with Crippen molar-refractivity contribution in [3.8, 4) is 11.8 Å². The number of aromatic hydroxyl groups is 1. The number of nitriles is 1. The summed E-state index contributed by atoms with van der Waals surface area (Å²) in [5, 5.41) is 31.2. The number of halogens is 1. The number of rotatable bonds is 3. The van der Waals surface area contributed by atoms with Crippen molar-refractivity contribution >= 4 is 11.4 Å². The highest BCUT2D eigenvalue weighted by atomic mass is 19.1. The molecule has 26 heavy (non-hydrogen) atoms. The smallest absolute Gasteiger partial charge is 0.269 e. The zero-order chi connectivity index (χ0) is 19.3. The average Bonchev–Trinajstić information content (AvgIpc) is 2.76. The van der Waals surface area contributed by atoms with Gasteiger partial charge in [0.2, 0.25) is 0 Å². The first kappa shape index (κ1) is 17.7.